The van der Waals surface area contributed by atoms with Gasteiger partial charge in [0.05, 0.1) is 0 Å². The number of hydrogen-bond acceptors (Lipinski definition) is 3. The Hall–Kier alpha value is -1.55. The predicted molar refractivity (Wildman–Crippen MR) is 77.0 cm³/mol. The lowest BCUT2D eigenvalue weighted by Gasteiger charge is -2.19. The second kappa shape index (κ2) is 7.79. The minimum atomic E-state index is 0.0140. The van der Waals surface area contributed by atoms with E-state index in [4.69, 9.17) is 0 Å². The van der Waals surface area contributed by atoms with Crippen LogP contribution in [0.2, 0.25) is 0 Å². The van der Waals surface area contributed by atoms with Crippen LogP contribution in [0, 0.1) is 5.92 Å². The van der Waals surface area contributed by atoms with Crippen molar-refractivity contribution in [2.45, 2.75) is 33.2 Å². The molecule has 1 atom stereocenters. The third-order valence-electron chi connectivity index (χ3n) is 3.06. The van der Waals surface area contributed by atoms with E-state index in [1.165, 1.54) is 0 Å². The molecule has 1 aromatic rings. The zero-order chi connectivity index (χ0) is 14.3. The first kappa shape index (κ1) is 15.5. The van der Waals surface area contributed by atoms with Crippen LogP contribution < -0.4 is 10.6 Å². The number of nitrogens with one attached hydrogen (secondary N) is 2. The van der Waals surface area contributed by atoms with Crippen LogP contribution >= 0.6 is 0 Å². The van der Waals surface area contributed by atoms with Crippen molar-refractivity contribution in [3.63, 3.8) is 0 Å². The highest BCUT2D eigenvalue weighted by molar-refractivity contribution is 5.77. The summed E-state index contributed by atoms with van der Waals surface area (Å²) in [6.07, 6.45) is 0.885. The summed E-state index contributed by atoms with van der Waals surface area (Å²) in [4.78, 5) is 11.4. The number of hydrogen-bond donors (Lipinski definition) is 3. The molecule has 1 aromatic carbocycles. The number of carbonyl (C=O) groups excluding carboxylic acids is 1. The number of benzene rings is 1. The average Bonchev–Trinajstić information content (AvgIpc) is 2.39. The molecule has 1 rings (SSSR count). The average molecular weight is 264 g/mol. The van der Waals surface area contributed by atoms with Crippen LogP contribution in [-0.2, 0) is 4.79 Å². The van der Waals surface area contributed by atoms with E-state index < -0.39 is 0 Å². The maximum Gasteiger partial charge on any atom is 0.222 e. The largest absolute Gasteiger partial charge is 0.508 e. The third-order valence-corrected chi connectivity index (χ3v) is 3.06. The third kappa shape index (κ3) is 4.91. The maximum atomic E-state index is 11.4. The normalized spacial score (nSPS) is 12.4. The standard InChI is InChI=1S/C15H24N2O2/c1-4-13(12-7-5-6-8-14(12)18)16-9-10-17-15(19)11(2)3/h5-8,11,13,16,18H,4,9-10H2,1-3H3,(H,17,19). The molecule has 0 aliphatic heterocycles. The fraction of sp³-hybridized carbons (Fsp3) is 0.533. The quantitative estimate of drug-likeness (QED) is 0.662. The van der Waals surface area contributed by atoms with E-state index in [2.05, 4.69) is 17.6 Å². The summed E-state index contributed by atoms with van der Waals surface area (Å²) >= 11 is 0. The number of aromatic hydroxyl groups is 1. The van der Waals surface area contributed by atoms with Crippen molar-refractivity contribution in [3.05, 3.63) is 29.8 Å². The van der Waals surface area contributed by atoms with Crippen LogP contribution in [0.4, 0.5) is 0 Å². The number of carbonyl (C=O) groups is 1. The van der Waals surface area contributed by atoms with Crippen molar-refractivity contribution in [1.29, 1.82) is 0 Å². The lowest BCUT2D eigenvalue weighted by molar-refractivity contribution is -0.123. The molecule has 0 spiro atoms. The summed E-state index contributed by atoms with van der Waals surface area (Å²) < 4.78 is 0. The number of phenolic OH excluding ortho intramolecular Hbond substituents is 1. The van der Waals surface area contributed by atoms with Gasteiger partial charge in [0.25, 0.3) is 0 Å². The highest BCUT2D eigenvalue weighted by Crippen LogP contribution is 2.25. The SMILES string of the molecule is CCC(NCCNC(=O)C(C)C)c1ccccc1O. The molecule has 0 aromatic heterocycles. The molecule has 0 aliphatic rings. The van der Waals surface area contributed by atoms with Gasteiger partial charge in [0.1, 0.15) is 5.75 Å². The molecule has 106 valence electrons. The van der Waals surface area contributed by atoms with Crippen molar-refractivity contribution >= 4 is 5.91 Å². The van der Waals surface area contributed by atoms with Gasteiger partial charge in [0.15, 0.2) is 0 Å². The van der Waals surface area contributed by atoms with Gasteiger partial charge in [-0.15, -0.1) is 0 Å². The molecular formula is C15H24N2O2. The highest BCUT2D eigenvalue weighted by Gasteiger charge is 2.12. The number of amides is 1. The summed E-state index contributed by atoms with van der Waals surface area (Å²) in [5, 5.41) is 16.0. The van der Waals surface area contributed by atoms with Crippen LogP contribution in [0.25, 0.3) is 0 Å². The molecule has 0 saturated carbocycles. The Morgan fingerprint density at radius 2 is 1.95 bits per heavy atom. The van der Waals surface area contributed by atoms with Gasteiger partial charge in [0.2, 0.25) is 5.91 Å². The minimum Gasteiger partial charge on any atom is -0.508 e. The fourth-order valence-electron chi connectivity index (χ4n) is 1.89. The Morgan fingerprint density at radius 1 is 1.26 bits per heavy atom. The fourth-order valence-corrected chi connectivity index (χ4v) is 1.89. The molecule has 0 radical (unpaired) electrons. The minimum absolute atomic E-state index is 0.0140. The summed E-state index contributed by atoms with van der Waals surface area (Å²) in [7, 11) is 0. The van der Waals surface area contributed by atoms with Crippen molar-refractivity contribution in [2.24, 2.45) is 5.92 Å². The van der Waals surface area contributed by atoms with Gasteiger partial charge >= 0.3 is 0 Å². The molecular weight excluding hydrogens is 240 g/mol. The van der Waals surface area contributed by atoms with Gasteiger partial charge in [0, 0.05) is 30.6 Å². The molecule has 0 saturated heterocycles. The molecule has 19 heavy (non-hydrogen) atoms. The van der Waals surface area contributed by atoms with Gasteiger partial charge in [-0.1, -0.05) is 39.0 Å². The molecule has 1 unspecified atom stereocenters. The lowest BCUT2D eigenvalue weighted by atomic mass is 10.0. The summed E-state index contributed by atoms with van der Waals surface area (Å²) in [6, 6.07) is 7.45. The van der Waals surface area contributed by atoms with E-state index in [9.17, 15) is 9.90 Å². The molecule has 4 nitrogen and oxygen atoms in total. The first-order valence-corrected chi connectivity index (χ1v) is 6.85. The van der Waals surface area contributed by atoms with Crippen molar-refractivity contribution in [3.8, 4) is 5.75 Å². The van der Waals surface area contributed by atoms with Gasteiger partial charge < -0.3 is 15.7 Å². The Kier molecular flexibility index (Phi) is 6.36. The second-order valence-electron chi connectivity index (χ2n) is 4.92. The molecule has 0 fully saturated rings. The van der Waals surface area contributed by atoms with Gasteiger partial charge in [-0.05, 0) is 12.5 Å². The Bertz CT molecular complexity index is 405. The Labute approximate surface area is 115 Å². The second-order valence-corrected chi connectivity index (χ2v) is 4.92. The number of para-hydroxylation sites is 1. The van der Waals surface area contributed by atoms with Crippen molar-refractivity contribution in [1.82, 2.24) is 10.6 Å². The first-order valence-electron chi connectivity index (χ1n) is 6.85. The van der Waals surface area contributed by atoms with E-state index in [-0.39, 0.29) is 17.9 Å². The summed E-state index contributed by atoms with van der Waals surface area (Å²) in [5.74, 6) is 0.394. The number of rotatable bonds is 7. The van der Waals surface area contributed by atoms with E-state index >= 15 is 0 Å². The lowest BCUT2D eigenvalue weighted by Crippen LogP contribution is -2.35. The molecule has 4 heteroatoms. The van der Waals surface area contributed by atoms with Crippen LogP contribution in [0.15, 0.2) is 24.3 Å². The smallest absolute Gasteiger partial charge is 0.222 e. The summed E-state index contributed by atoms with van der Waals surface area (Å²) in [6.45, 7) is 7.10. The van der Waals surface area contributed by atoms with Crippen LogP contribution in [0.3, 0.4) is 0 Å². The van der Waals surface area contributed by atoms with E-state index in [1.807, 2.05) is 32.0 Å². The van der Waals surface area contributed by atoms with E-state index in [1.54, 1.807) is 6.07 Å². The number of phenols is 1. The van der Waals surface area contributed by atoms with Crippen molar-refractivity contribution < 1.29 is 9.90 Å². The van der Waals surface area contributed by atoms with Crippen LogP contribution in [0.1, 0.15) is 38.8 Å². The topological polar surface area (TPSA) is 61.4 Å². The monoisotopic (exact) mass is 264 g/mol. The zero-order valence-corrected chi connectivity index (χ0v) is 11.9. The molecule has 0 bridgehead atoms. The predicted octanol–water partition coefficient (Wildman–Crippen LogP) is 2.21. The van der Waals surface area contributed by atoms with Crippen molar-refractivity contribution in [2.75, 3.05) is 13.1 Å². The van der Waals surface area contributed by atoms with Crippen LogP contribution in [-0.4, -0.2) is 24.1 Å². The van der Waals surface area contributed by atoms with E-state index in [0.29, 0.717) is 18.8 Å². The van der Waals surface area contributed by atoms with Gasteiger partial charge in [-0.3, -0.25) is 4.79 Å². The molecule has 0 aliphatic carbocycles. The molecule has 3 N–H and O–H groups in total. The summed E-state index contributed by atoms with van der Waals surface area (Å²) in [5.41, 5.74) is 0.903. The first-order chi connectivity index (χ1) is 9.06. The molecule has 1 amide bonds. The maximum absolute atomic E-state index is 11.4. The highest BCUT2D eigenvalue weighted by atomic mass is 16.3. The zero-order valence-electron chi connectivity index (χ0n) is 11.9. The van der Waals surface area contributed by atoms with Crippen LogP contribution in [0.5, 0.6) is 5.75 Å². The Morgan fingerprint density at radius 3 is 2.53 bits per heavy atom. The van der Waals surface area contributed by atoms with Gasteiger partial charge in [-0.25, -0.2) is 0 Å². The van der Waals surface area contributed by atoms with Gasteiger partial charge in [-0.2, -0.15) is 0 Å². The molecule has 0 heterocycles. The van der Waals surface area contributed by atoms with E-state index in [0.717, 1.165) is 12.0 Å². The Balaban J connectivity index is 2.42.